The molecule has 3 heteroatoms. The topological polar surface area (TPSA) is 30.5 Å². The fourth-order valence-electron chi connectivity index (χ4n) is 1.20. The number of methoxy groups -OCH3 is 1. The average Bonchev–Trinajstić information content (AvgIpc) is 2.09. The third-order valence-electron chi connectivity index (χ3n) is 2.13. The number of hydrogen-bond acceptors (Lipinski definition) is 3. The van der Waals surface area contributed by atoms with E-state index >= 15 is 0 Å². The zero-order valence-electron chi connectivity index (χ0n) is 10.9. The highest BCUT2D eigenvalue weighted by Crippen LogP contribution is 2.16. The molecule has 0 aromatic heterocycles. The first-order chi connectivity index (χ1) is 6.95. The van der Waals surface area contributed by atoms with Gasteiger partial charge in [-0.15, -0.1) is 0 Å². The van der Waals surface area contributed by atoms with E-state index in [0.717, 1.165) is 19.7 Å². The van der Waals surface area contributed by atoms with Crippen LogP contribution in [-0.4, -0.2) is 39.5 Å². The second-order valence-electron chi connectivity index (χ2n) is 5.20. The molecule has 0 aliphatic rings. The van der Waals surface area contributed by atoms with Crippen molar-refractivity contribution in [2.75, 3.05) is 33.4 Å². The summed E-state index contributed by atoms with van der Waals surface area (Å²) in [5.41, 5.74) is 0.414. The Kier molecular flexibility index (Phi) is 8.02. The van der Waals surface area contributed by atoms with Crippen molar-refractivity contribution in [2.24, 2.45) is 5.41 Å². The van der Waals surface area contributed by atoms with E-state index < -0.39 is 0 Å². The van der Waals surface area contributed by atoms with Crippen molar-refractivity contribution in [1.82, 2.24) is 5.32 Å². The first kappa shape index (κ1) is 14.9. The Hall–Kier alpha value is -0.120. The number of rotatable bonds is 8. The second kappa shape index (κ2) is 8.08. The highest BCUT2D eigenvalue weighted by molar-refractivity contribution is 4.62. The lowest BCUT2D eigenvalue weighted by molar-refractivity contribution is 0.0106. The third-order valence-corrected chi connectivity index (χ3v) is 2.13. The van der Waals surface area contributed by atoms with Gasteiger partial charge in [-0.3, -0.25) is 0 Å². The highest BCUT2D eigenvalue weighted by atomic mass is 16.5. The van der Waals surface area contributed by atoms with Crippen molar-refractivity contribution in [3.8, 4) is 0 Å². The number of nitrogens with one attached hydrogen (secondary N) is 1. The van der Waals surface area contributed by atoms with E-state index in [4.69, 9.17) is 9.47 Å². The van der Waals surface area contributed by atoms with Crippen LogP contribution in [0.25, 0.3) is 0 Å². The molecular weight excluding hydrogens is 190 g/mol. The molecule has 0 amide bonds. The summed E-state index contributed by atoms with van der Waals surface area (Å²) in [4.78, 5) is 0. The maximum atomic E-state index is 5.53. The van der Waals surface area contributed by atoms with E-state index in [0.29, 0.717) is 12.0 Å². The monoisotopic (exact) mass is 217 g/mol. The summed E-state index contributed by atoms with van der Waals surface area (Å²) in [5.74, 6) is 0. The molecule has 0 aromatic carbocycles. The third kappa shape index (κ3) is 11.8. The molecule has 0 saturated carbocycles. The van der Waals surface area contributed by atoms with Gasteiger partial charge in [0.25, 0.3) is 0 Å². The largest absolute Gasteiger partial charge is 0.382 e. The normalized spacial score (nSPS) is 14.2. The summed E-state index contributed by atoms with van der Waals surface area (Å²) in [6, 6.07) is 0. The van der Waals surface area contributed by atoms with E-state index in [-0.39, 0.29) is 6.10 Å². The van der Waals surface area contributed by atoms with Gasteiger partial charge < -0.3 is 14.8 Å². The summed E-state index contributed by atoms with van der Waals surface area (Å²) in [6.07, 6.45) is 1.39. The standard InChI is InChI=1S/C12H27NO2/c1-11(10-14-5)15-9-8-13-7-6-12(2,3)4/h11,13H,6-10H2,1-5H3. The van der Waals surface area contributed by atoms with Gasteiger partial charge in [-0.1, -0.05) is 20.8 Å². The van der Waals surface area contributed by atoms with E-state index in [1.165, 1.54) is 6.42 Å². The lowest BCUT2D eigenvalue weighted by Gasteiger charge is -2.18. The van der Waals surface area contributed by atoms with Gasteiger partial charge in [0.15, 0.2) is 0 Å². The fraction of sp³-hybridized carbons (Fsp3) is 1.00. The molecule has 15 heavy (non-hydrogen) atoms. The van der Waals surface area contributed by atoms with Crippen LogP contribution in [0.15, 0.2) is 0 Å². The van der Waals surface area contributed by atoms with Gasteiger partial charge in [-0.25, -0.2) is 0 Å². The molecule has 0 heterocycles. The molecule has 0 aliphatic carbocycles. The Balaban J connectivity index is 3.18. The summed E-state index contributed by atoms with van der Waals surface area (Å²) in [7, 11) is 1.70. The van der Waals surface area contributed by atoms with Crippen molar-refractivity contribution in [3.05, 3.63) is 0 Å². The van der Waals surface area contributed by atoms with Crippen LogP contribution >= 0.6 is 0 Å². The van der Waals surface area contributed by atoms with Gasteiger partial charge >= 0.3 is 0 Å². The second-order valence-corrected chi connectivity index (χ2v) is 5.20. The molecule has 0 rings (SSSR count). The van der Waals surface area contributed by atoms with E-state index in [1.807, 2.05) is 6.92 Å². The Bertz CT molecular complexity index is 143. The van der Waals surface area contributed by atoms with Crippen LogP contribution in [0.4, 0.5) is 0 Å². The van der Waals surface area contributed by atoms with Gasteiger partial charge in [-0.2, -0.15) is 0 Å². The molecule has 0 spiro atoms. The first-order valence-electron chi connectivity index (χ1n) is 5.77. The molecular formula is C12H27NO2. The average molecular weight is 217 g/mol. The predicted octanol–water partition coefficient (Wildman–Crippen LogP) is 2.06. The maximum absolute atomic E-state index is 5.53. The lowest BCUT2D eigenvalue weighted by atomic mass is 9.92. The van der Waals surface area contributed by atoms with Crippen LogP contribution in [0.2, 0.25) is 0 Å². The number of ether oxygens (including phenoxy) is 2. The minimum atomic E-state index is 0.194. The minimum Gasteiger partial charge on any atom is -0.382 e. The van der Waals surface area contributed by atoms with Gasteiger partial charge in [0.2, 0.25) is 0 Å². The van der Waals surface area contributed by atoms with Crippen LogP contribution in [0, 0.1) is 5.41 Å². The van der Waals surface area contributed by atoms with Gasteiger partial charge in [-0.05, 0) is 25.3 Å². The molecule has 0 fully saturated rings. The zero-order valence-corrected chi connectivity index (χ0v) is 10.9. The van der Waals surface area contributed by atoms with Crippen molar-refractivity contribution in [3.63, 3.8) is 0 Å². The molecule has 92 valence electrons. The highest BCUT2D eigenvalue weighted by Gasteiger charge is 2.08. The van der Waals surface area contributed by atoms with Gasteiger partial charge in [0.05, 0.1) is 19.3 Å². The molecule has 3 nitrogen and oxygen atoms in total. The molecule has 1 N–H and O–H groups in total. The molecule has 1 unspecified atom stereocenters. The van der Waals surface area contributed by atoms with Crippen molar-refractivity contribution < 1.29 is 9.47 Å². The minimum absolute atomic E-state index is 0.194. The van der Waals surface area contributed by atoms with Crippen molar-refractivity contribution >= 4 is 0 Å². The SMILES string of the molecule is COCC(C)OCCNCCC(C)(C)C. The van der Waals surface area contributed by atoms with Crippen LogP contribution < -0.4 is 5.32 Å². The predicted molar refractivity (Wildman–Crippen MR) is 64.2 cm³/mol. The molecule has 0 saturated heterocycles. The zero-order chi connectivity index (χ0) is 11.7. The van der Waals surface area contributed by atoms with Crippen LogP contribution in [0.3, 0.4) is 0 Å². The maximum Gasteiger partial charge on any atom is 0.0780 e. The first-order valence-corrected chi connectivity index (χ1v) is 5.77. The lowest BCUT2D eigenvalue weighted by Crippen LogP contribution is -2.26. The molecule has 0 aliphatic heterocycles. The van der Waals surface area contributed by atoms with Crippen LogP contribution in [0.5, 0.6) is 0 Å². The van der Waals surface area contributed by atoms with E-state index in [9.17, 15) is 0 Å². The molecule has 0 radical (unpaired) electrons. The van der Waals surface area contributed by atoms with E-state index in [1.54, 1.807) is 7.11 Å². The summed E-state index contributed by atoms with van der Waals surface area (Å²) in [6.45, 7) is 12.2. The van der Waals surface area contributed by atoms with Crippen molar-refractivity contribution in [1.29, 1.82) is 0 Å². The van der Waals surface area contributed by atoms with Gasteiger partial charge in [0, 0.05) is 13.7 Å². The molecule has 0 aromatic rings. The van der Waals surface area contributed by atoms with Crippen LogP contribution in [-0.2, 0) is 9.47 Å². The Labute approximate surface area is 94.5 Å². The Morgan fingerprint density at radius 1 is 1.20 bits per heavy atom. The van der Waals surface area contributed by atoms with Crippen LogP contribution in [0.1, 0.15) is 34.1 Å². The number of hydrogen-bond donors (Lipinski definition) is 1. The summed E-state index contributed by atoms with van der Waals surface area (Å²) in [5, 5.41) is 3.37. The molecule has 0 bridgehead atoms. The van der Waals surface area contributed by atoms with Crippen molar-refractivity contribution in [2.45, 2.75) is 40.2 Å². The van der Waals surface area contributed by atoms with E-state index in [2.05, 4.69) is 26.1 Å². The Morgan fingerprint density at radius 3 is 2.40 bits per heavy atom. The van der Waals surface area contributed by atoms with Gasteiger partial charge in [0.1, 0.15) is 0 Å². The fourth-order valence-corrected chi connectivity index (χ4v) is 1.20. The summed E-state index contributed by atoms with van der Waals surface area (Å²) >= 11 is 0. The smallest absolute Gasteiger partial charge is 0.0780 e. The quantitative estimate of drug-likeness (QED) is 0.631. The molecule has 1 atom stereocenters. The summed E-state index contributed by atoms with van der Waals surface area (Å²) < 4.78 is 10.5. The Morgan fingerprint density at radius 2 is 1.87 bits per heavy atom.